The van der Waals surface area contributed by atoms with Gasteiger partial charge in [0.1, 0.15) is 5.54 Å². The van der Waals surface area contributed by atoms with Crippen molar-refractivity contribution in [2.45, 2.75) is 18.0 Å². The summed E-state index contributed by atoms with van der Waals surface area (Å²) in [6, 6.07) is 62.8. The second-order valence-electron chi connectivity index (χ2n) is 13.4. The molecule has 2 unspecified atom stereocenters. The Labute approximate surface area is 278 Å². The zero-order valence-electron chi connectivity index (χ0n) is 26.3. The van der Waals surface area contributed by atoms with Gasteiger partial charge < -0.3 is 4.57 Å². The van der Waals surface area contributed by atoms with Crippen LogP contribution in [0.1, 0.15) is 12.0 Å². The van der Waals surface area contributed by atoms with Gasteiger partial charge in [-0.25, -0.2) is 0 Å². The second kappa shape index (κ2) is 9.49. The molecular formula is C45H31N3. The average molecular weight is 614 g/mol. The molecule has 3 nitrogen and oxygen atoms in total. The average Bonchev–Trinajstić information content (AvgIpc) is 3.98. The molecule has 11 rings (SSSR count). The van der Waals surface area contributed by atoms with E-state index in [1.807, 2.05) is 0 Å². The van der Waals surface area contributed by atoms with Gasteiger partial charge in [0.05, 0.1) is 28.1 Å². The molecule has 1 aliphatic carbocycles. The van der Waals surface area contributed by atoms with E-state index in [2.05, 4.69) is 184 Å². The van der Waals surface area contributed by atoms with Crippen molar-refractivity contribution < 1.29 is 0 Å². The molecule has 0 amide bonds. The third kappa shape index (κ3) is 3.53. The van der Waals surface area contributed by atoms with Crippen LogP contribution in [0, 0.1) is 0 Å². The molecule has 1 aliphatic heterocycles. The summed E-state index contributed by atoms with van der Waals surface area (Å²) in [4.78, 5) is 0. The Balaban J connectivity index is 1.03. The first-order valence-corrected chi connectivity index (χ1v) is 16.9. The maximum Gasteiger partial charge on any atom is 0.106 e. The predicted molar refractivity (Wildman–Crippen MR) is 199 cm³/mol. The first kappa shape index (κ1) is 26.1. The first-order chi connectivity index (χ1) is 23.8. The quantitative estimate of drug-likeness (QED) is 0.176. The van der Waals surface area contributed by atoms with Gasteiger partial charge in [0, 0.05) is 33.7 Å². The minimum Gasteiger partial charge on any atom is -0.309 e. The minimum absolute atomic E-state index is 0.0795. The van der Waals surface area contributed by atoms with Crippen molar-refractivity contribution in [1.29, 1.82) is 0 Å². The molecule has 48 heavy (non-hydrogen) atoms. The van der Waals surface area contributed by atoms with Crippen LogP contribution in [0.2, 0.25) is 0 Å². The van der Waals surface area contributed by atoms with Crippen molar-refractivity contribution in [3.05, 3.63) is 175 Å². The predicted octanol–water partition coefficient (Wildman–Crippen LogP) is 10.8. The monoisotopic (exact) mass is 613 g/mol. The SMILES string of the molecule is c1ccc(-c2cccc(C34CC3N4n3c4ccccc4c4cc(-c5ccc6c(c5)c5ccccc5n6-c5ccccc5)ccc43)c2)cc1. The fourth-order valence-electron chi connectivity index (χ4n) is 8.41. The van der Waals surface area contributed by atoms with E-state index in [-0.39, 0.29) is 5.54 Å². The maximum atomic E-state index is 2.62. The Hall–Kier alpha value is -6.06. The molecule has 3 heteroatoms. The molecule has 0 bridgehead atoms. The molecule has 2 aromatic heterocycles. The van der Waals surface area contributed by atoms with E-state index in [1.165, 1.54) is 83.5 Å². The van der Waals surface area contributed by atoms with Gasteiger partial charge in [0.15, 0.2) is 0 Å². The highest BCUT2D eigenvalue weighted by molar-refractivity contribution is 6.12. The number of hydrogen-bond acceptors (Lipinski definition) is 1. The van der Waals surface area contributed by atoms with Gasteiger partial charge in [0.25, 0.3) is 0 Å². The lowest BCUT2D eigenvalue weighted by Gasteiger charge is -2.22. The number of fused-ring (bicyclic) bond motifs is 7. The largest absolute Gasteiger partial charge is 0.309 e. The zero-order valence-corrected chi connectivity index (χ0v) is 26.3. The van der Waals surface area contributed by atoms with Crippen LogP contribution in [0.15, 0.2) is 170 Å². The summed E-state index contributed by atoms with van der Waals surface area (Å²) in [6.07, 6.45) is 1.20. The van der Waals surface area contributed by atoms with Crippen LogP contribution in [0.25, 0.3) is 71.6 Å². The van der Waals surface area contributed by atoms with Crippen molar-refractivity contribution in [1.82, 2.24) is 9.24 Å². The lowest BCUT2D eigenvalue weighted by atomic mass is 10.00. The van der Waals surface area contributed by atoms with Gasteiger partial charge in [-0.3, -0.25) is 9.69 Å². The number of nitrogens with zero attached hydrogens (tertiary/aromatic N) is 3. The summed E-state index contributed by atoms with van der Waals surface area (Å²) in [5.74, 6) is 0. The van der Waals surface area contributed by atoms with Crippen molar-refractivity contribution in [2.75, 3.05) is 5.01 Å². The molecule has 9 aromatic rings. The number of rotatable bonds is 5. The molecule has 0 radical (unpaired) electrons. The third-order valence-corrected chi connectivity index (χ3v) is 10.9. The Kier molecular flexibility index (Phi) is 5.15. The van der Waals surface area contributed by atoms with Crippen LogP contribution in [-0.2, 0) is 5.54 Å². The molecule has 2 fully saturated rings. The topological polar surface area (TPSA) is 12.9 Å². The fraction of sp³-hybridized carbons (Fsp3) is 0.0667. The van der Waals surface area contributed by atoms with Crippen LogP contribution in [0.3, 0.4) is 0 Å². The standard InChI is InChI=1S/C45H31N3/c1-3-12-30(13-4-1)31-14-11-15-34(26-31)45-29-44(45)48(45)47-42-21-10-8-19-37(42)39-28-33(23-25-43(39)47)32-22-24-41-38(27-32)36-18-7-9-20-40(36)46(41)35-16-5-2-6-17-35/h1-28,44H,29H2. The van der Waals surface area contributed by atoms with E-state index < -0.39 is 0 Å². The van der Waals surface area contributed by atoms with Crippen LogP contribution in [0.5, 0.6) is 0 Å². The van der Waals surface area contributed by atoms with Crippen molar-refractivity contribution in [3.63, 3.8) is 0 Å². The van der Waals surface area contributed by atoms with Crippen molar-refractivity contribution in [3.8, 4) is 27.9 Å². The Morgan fingerprint density at radius 2 is 0.958 bits per heavy atom. The highest BCUT2D eigenvalue weighted by atomic mass is 15.7. The highest BCUT2D eigenvalue weighted by Gasteiger charge is 2.80. The van der Waals surface area contributed by atoms with E-state index in [9.17, 15) is 0 Å². The van der Waals surface area contributed by atoms with E-state index in [0.29, 0.717) is 6.04 Å². The molecule has 1 saturated carbocycles. The molecule has 3 heterocycles. The summed E-state index contributed by atoms with van der Waals surface area (Å²) >= 11 is 0. The van der Waals surface area contributed by atoms with Crippen LogP contribution in [0.4, 0.5) is 0 Å². The third-order valence-electron chi connectivity index (χ3n) is 10.9. The van der Waals surface area contributed by atoms with Gasteiger partial charge in [-0.1, -0.05) is 115 Å². The molecular weight excluding hydrogens is 583 g/mol. The summed E-state index contributed by atoms with van der Waals surface area (Å²) in [7, 11) is 0. The van der Waals surface area contributed by atoms with E-state index >= 15 is 0 Å². The number of benzene rings is 7. The summed E-state index contributed by atoms with van der Waals surface area (Å²) < 4.78 is 4.89. The Bertz CT molecular complexity index is 2720. The number of para-hydroxylation sites is 3. The highest BCUT2D eigenvalue weighted by Crippen LogP contribution is 2.69. The van der Waals surface area contributed by atoms with Crippen molar-refractivity contribution in [2.24, 2.45) is 0 Å². The molecule has 7 aromatic carbocycles. The normalized spacial score (nSPS) is 18.2. The summed E-state index contributed by atoms with van der Waals surface area (Å²) in [5, 5.41) is 7.77. The van der Waals surface area contributed by atoms with Gasteiger partial charge >= 0.3 is 0 Å². The maximum absolute atomic E-state index is 2.62. The molecule has 0 N–H and O–H groups in total. The number of hydrogen-bond donors (Lipinski definition) is 0. The first-order valence-electron chi connectivity index (χ1n) is 16.9. The summed E-state index contributed by atoms with van der Waals surface area (Å²) in [5.41, 5.74) is 12.7. The van der Waals surface area contributed by atoms with E-state index in [0.717, 1.165) is 0 Å². The molecule has 226 valence electrons. The second-order valence-corrected chi connectivity index (χ2v) is 13.4. The Morgan fingerprint density at radius 3 is 1.71 bits per heavy atom. The van der Waals surface area contributed by atoms with Crippen LogP contribution >= 0.6 is 0 Å². The zero-order chi connectivity index (χ0) is 31.4. The molecule has 2 aliphatic rings. The van der Waals surface area contributed by atoms with Gasteiger partial charge in [-0.15, -0.1) is 0 Å². The van der Waals surface area contributed by atoms with Crippen molar-refractivity contribution >= 4 is 43.6 Å². The van der Waals surface area contributed by atoms with E-state index in [4.69, 9.17) is 0 Å². The van der Waals surface area contributed by atoms with Crippen LogP contribution < -0.4 is 5.01 Å². The fourth-order valence-corrected chi connectivity index (χ4v) is 8.41. The van der Waals surface area contributed by atoms with Gasteiger partial charge in [-0.05, 0) is 82.4 Å². The lowest BCUT2D eigenvalue weighted by molar-refractivity contribution is 0.663. The van der Waals surface area contributed by atoms with Gasteiger partial charge in [0.2, 0.25) is 0 Å². The molecule has 0 spiro atoms. The molecule has 2 atom stereocenters. The summed E-state index contributed by atoms with van der Waals surface area (Å²) in [6.45, 7) is 0. The van der Waals surface area contributed by atoms with Crippen LogP contribution in [-0.4, -0.2) is 15.3 Å². The number of aromatic nitrogens is 2. The van der Waals surface area contributed by atoms with Gasteiger partial charge in [-0.2, -0.15) is 0 Å². The van der Waals surface area contributed by atoms with E-state index in [1.54, 1.807) is 0 Å². The lowest BCUT2D eigenvalue weighted by Crippen LogP contribution is -2.26. The smallest absolute Gasteiger partial charge is 0.106 e. The Morgan fingerprint density at radius 1 is 0.417 bits per heavy atom. The minimum atomic E-state index is 0.0795. The molecule has 1 saturated heterocycles.